The quantitative estimate of drug-likeness (QED) is 0.0593. The number of rotatable bonds is 8. The van der Waals surface area contributed by atoms with Crippen LogP contribution in [0.2, 0.25) is 0 Å². The van der Waals surface area contributed by atoms with Crippen molar-refractivity contribution < 1.29 is 43.0 Å². The van der Waals surface area contributed by atoms with Gasteiger partial charge in [0, 0.05) is 33.3 Å². The number of anilines is 1. The SMILES string of the molecule is CC[N+](C)(CC)CCC[n+]1c(-c2ccccc2)c2cc(N=[N+]=[N-])ccc2c2ccc(N)cc21.[Br-].[Br-]. The van der Waals surface area contributed by atoms with Crippen LogP contribution in [0.5, 0.6) is 0 Å². The molecule has 184 valence electrons. The molecule has 2 N–H and O–H groups in total. The van der Waals surface area contributed by atoms with E-state index < -0.39 is 0 Å². The van der Waals surface area contributed by atoms with Crippen LogP contribution in [0.4, 0.5) is 11.4 Å². The number of aromatic nitrogens is 1. The number of aryl methyl sites for hydroxylation is 1. The topological polar surface area (TPSA) is 78.7 Å². The lowest BCUT2D eigenvalue weighted by atomic mass is 9.98. The first-order valence-corrected chi connectivity index (χ1v) is 11.6. The highest BCUT2D eigenvalue weighted by molar-refractivity contribution is 6.10. The summed E-state index contributed by atoms with van der Waals surface area (Å²) in [5.41, 5.74) is 20.0. The smallest absolute Gasteiger partial charge is 0.220 e. The second-order valence-electron chi connectivity index (χ2n) is 8.89. The van der Waals surface area contributed by atoms with E-state index in [1.807, 2.05) is 24.3 Å². The molecule has 0 spiro atoms. The second-order valence-corrected chi connectivity index (χ2v) is 8.89. The van der Waals surface area contributed by atoms with Crippen LogP contribution in [0.15, 0.2) is 71.8 Å². The Labute approximate surface area is 228 Å². The molecule has 35 heavy (non-hydrogen) atoms. The summed E-state index contributed by atoms with van der Waals surface area (Å²) in [5.74, 6) is 0. The highest BCUT2D eigenvalue weighted by atomic mass is 79.9. The number of halogens is 2. The van der Waals surface area contributed by atoms with Gasteiger partial charge >= 0.3 is 0 Å². The molecule has 0 bridgehead atoms. The maximum atomic E-state index is 9.01. The number of hydrogen-bond acceptors (Lipinski definition) is 2. The van der Waals surface area contributed by atoms with Crippen LogP contribution in [0.3, 0.4) is 0 Å². The third kappa shape index (κ3) is 5.96. The minimum atomic E-state index is 0. The Balaban J connectivity index is 0.00000216. The highest BCUT2D eigenvalue weighted by Gasteiger charge is 2.25. The molecule has 4 aromatic rings. The molecule has 0 amide bonds. The number of azide groups is 1. The van der Waals surface area contributed by atoms with Gasteiger partial charge in [0.05, 0.1) is 43.9 Å². The van der Waals surface area contributed by atoms with Crippen LogP contribution in [-0.4, -0.2) is 31.2 Å². The molecule has 1 aromatic heterocycles. The van der Waals surface area contributed by atoms with E-state index in [9.17, 15) is 0 Å². The summed E-state index contributed by atoms with van der Waals surface area (Å²) in [5, 5.41) is 7.23. The molecule has 0 aliphatic rings. The maximum Gasteiger partial charge on any atom is 0.220 e. The van der Waals surface area contributed by atoms with Crippen molar-refractivity contribution in [3.05, 3.63) is 77.2 Å². The number of nitrogens with zero attached hydrogens (tertiary/aromatic N) is 5. The summed E-state index contributed by atoms with van der Waals surface area (Å²) >= 11 is 0. The van der Waals surface area contributed by atoms with E-state index >= 15 is 0 Å². The van der Waals surface area contributed by atoms with Gasteiger partial charge in [-0.3, -0.25) is 0 Å². The van der Waals surface area contributed by atoms with Gasteiger partial charge in [-0.2, -0.15) is 4.57 Å². The molecular formula is C27H32Br2N6. The van der Waals surface area contributed by atoms with E-state index in [0.717, 1.165) is 75.7 Å². The minimum absolute atomic E-state index is 0. The van der Waals surface area contributed by atoms with E-state index in [-0.39, 0.29) is 34.0 Å². The molecule has 0 aliphatic carbocycles. The third-order valence-electron chi connectivity index (χ3n) is 6.94. The molecule has 0 saturated heterocycles. The van der Waals surface area contributed by atoms with Gasteiger partial charge in [0.25, 0.3) is 0 Å². The lowest BCUT2D eigenvalue weighted by Gasteiger charge is -2.31. The van der Waals surface area contributed by atoms with Gasteiger partial charge in [-0.05, 0) is 49.7 Å². The highest BCUT2D eigenvalue weighted by Crippen LogP contribution is 2.34. The average molecular weight is 600 g/mol. The molecule has 1 heterocycles. The first-order valence-electron chi connectivity index (χ1n) is 11.6. The van der Waals surface area contributed by atoms with E-state index in [4.69, 9.17) is 11.3 Å². The predicted octanol–water partition coefficient (Wildman–Crippen LogP) is 0.356. The van der Waals surface area contributed by atoms with Crippen molar-refractivity contribution in [2.75, 3.05) is 32.4 Å². The average Bonchev–Trinajstić information content (AvgIpc) is 2.84. The molecule has 0 saturated carbocycles. The summed E-state index contributed by atoms with van der Waals surface area (Å²) in [6.07, 6.45) is 1.05. The molecule has 8 heteroatoms. The molecule has 3 aromatic carbocycles. The Morgan fingerprint density at radius 2 is 1.60 bits per heavy atom. The van der Waals surface area contributed by atoms with Crippen molar-refractivity contribution >= 4 is 33.1 Å². The fraction of sp³-hybridized carbons (Fsp3) is 0.296. The largest absolute Gasteiger partial charge is 1.00 e. The van der Waals surface area contributed by atoms with Crippen molar-refractivity contribution in [1.29, 1.82) is 0 Å². The Morgan fingerprint density at radius 3 is 2.26 bits per heavy atom. The van der Waals surface area contributed by atoms with Gasteiger partial charge < -0.3 is 44.2 Å². The van der Waals surface area contributed by atoms with Crippen molar-refractivity contribution in [1.82, 2.24) is 0 Å². The Morgan fingerprint density at radius 1 is 0.914 bits per heavy atom. The zero-order chi connectivity index (χ0) is 23.4. The first kappa shape index (κ1) is 28.6. The standard InChI is InChI=1S/C27H31N6.2BrH/c1-4-33(3,5-2)17-9-16-32-26-18-21(28)12-14-24(26)23-15-13-22(30-31-29)19-25(23)27(32)20-10-7-6-8-11-20;;/h6-8,10-15,18-19,28H,4-5,9,16-17H2,1-3H3;2*1H/q+1;;/p-1. The predicted molar refractivity (Wildman–Crippen MR) is 137 cm³/mol. The molecule has 0 fully saturated rings. The Hall–Kier alpha value is -2.64. The summed E-state index contributed by atoms with van der Waals surface area (Å²) in [4.78, 5) is 3.01. The number of pyridine rings is 1. The monoisotopic (exact) mass is 598 g/mol. The summed E-state index contributed by atoms with van der Waals surface area (Å²) in [6.45, 7) is 8.74. The lowest BCUT2D eigenvalue weighted by Crippen LogP contribution is -3.00. The molecule has 6 nitrogen and oxygen atoms in total. The normalized spacial score (nSPS) is 10.9. The van der Waals surface area contributed by atoms with Crippen molar-refractivity contribution in [2.24, 2.45) is 5.11 Å². The maximum absolute atomic E-state index is 9.01. The zero-order valence-corrected chi connectivity index (χ0v) is 23.6. The fourth-order valence-corrected chi connectivity index (χ4v) is 4.63. The van der Waals surface area contributed by atoms with Crippen LogP contribution >= 0.6 is 0 Å². The van der Waals surface area contributed by atoms with Gasteiger partial charge in [-0.1, -0.05) is 35.4 Å². The second kappa shape index (κ2) is 12.4. The number of nitrogen functional groups attached to an aromatic ring is 1. The van der Waals surface area contributed by atoms with Gasteiger partial charge in [-0.15, -0.1) is 0 Å². The van der Waals surface area contributed by atoms with Crippen molar-refractivity contribution in [3.8, 4) is 11.3 Å². The van der Waals surface area contributed by atoms with Crippen molar-refractivity contribution in [3.63, 3.8) is 0 Å². The van der Waals surface area contributed by atoms with Gasteiger partial charge in [0.1, 0.15) is 0 Å². The fourth-order valence-electron chi connectivity index (χ4n) is 4.63. The van der Waals surface area contributed by atoms with E-state index in [0.29, 0.717) is 5.69 Å². The summed E-state index contributed by atoms with van der Waals surface area (Å²) < 4.78 is 3.45. The van der Waals surface area contributed by atoms with E-state index in [2.05, 4.69) is 78.0 Å². The number of quaternary nitrogens is 1. The van der Waals surface area contributed by atoms with Crippen molar-refractivity contribution in [2.45, 2.75) is 26.8 Å². The van der Waals surface area contributed by atoms with Crippen LogP contribution in [0, 0.1) is 0 Å². The zero-order valence-electron chi connectivity index (χ0n) is 20.5. The number of hydrogen-bond donors (Lipinski definition) is 1. The van der Waals surface area contributed by atoms with Crippen LogP contribution < -0.4 is 44.3 Å². The van der Waals surface area contributed by atoms with Crippen LogP contribution in [0.1, 0.15) is 20.3 Å². The molecule has 0 aliphatic heterocycles. The molecule has 4 rings (SSSR count). The lowest BCUT2D eigenvalue weighted by molar-refractivity contribution is -0.908. The van der Waals surface area contributed by atoms with E-state index in [1.165, 1.54) is 0 Å². The van der Waals surface area contributed by atoms with E-state index in [1.54, 1.807) is 0 Å². The molecule has 0 unspecified atom stereocenters. The number of nitrogens with two attached hydrogens (primary N) is 1. The van der Waals surface area contributed by atoms with Gasteiger partial charge in [0.15, 0.2) is 6.54 Å². The Bertz CT molecular complexity index is 1350. The Kier molecular flexibility index (Phi) is 10.1. The molecule has 0 radical (unpaired) electrons. The third-order valence-corrected chi connectivity index (χ3v) is 6.94. The van der Waals surface area contributed by atoms with Crippen LogP contribution in [-0.2, 0) is 6.54 Å². The van der Waals surface area contributed by atoms with Crippen LogP contribution in [0.25, 0.3) is 43.4 Å². The summed E-state index contributed by atoms with van der Waals surface area (Å²) in [7, 11) is 2.32. The summed E-state index contributed by atoms with van der Waals surface area (Å²) in [6, 6.07) is 22.5. The van der Waals surface area contributed by atoms with Gasteiger partial charge in [-0.25, -0.2) is 0 Å². The number of fused-ring (bicyclic) bond motifs is 3. The first-order chi connectivity index (χ1) is 16.0. The molecule has 0 atom stereocenters. The number of benzene rings is 3. The minimum Gasteiger partial charge on any atom is -1.00 e. The van der Waals surface area contributed by atoms with Gasteiger partial charge in [0.2, 0.25) is 11.2 Å². The molecular weight excluding hydrogens is 568 g/mol.